The van der Waals surface area contributed by atoms with Gasteiger partial charge in [-0.1, -0.05) is 12.1 Å². The zero-order valence-electron chi connectivity index (χ0n) is 18.9. The summed E-state index contributed by atoms with van der Waals surface area (Å²) >= 11 is 0. The Morgan fingerprint density at radius 1 is 1.03 bits per heavy atom. The molecule has 0 amide bonds. The third kappa shape index (κ3) is 3.34. The van der Waals surface area contributed by atoms with Crippen LogP contribution in [0.1, 0.15) is 42.1 Å². The van der Waals surface area contributed by atoms with Gasteiger partial charge in [0.25, 0.3) is 0 Å². The summed E-state index contributed by atoms with van der Waals surface area (Å²) in [6.45, 7) is 6.28. The molecule has 0 aliphatic carbocycles. The van der Waals surface area contributed by atoms with Crippen molar-refractivity contribution in [2.24, 2.45) is 0 Å². The van der Waals surface area contributed by atoms with Gasteiger partial charge in [-0.15, -0.1) is 0 Å². The Balaban J connectivity index is 1.43. The number of β-amino-alcohol motifs (C(OH)–C–C–N with tert-alkyl or cyclic N) is 1. The average molecular weight is 445 g/mol. The van der Waals surface area contributed by atoms with Gasteiger partial charge in [0, 0.05) is 42.8 Å². The Bertz CT molecular complexity index is 1360. The molecule has 0 bridgehead atoms. The number of nitrogens with zero attached hydrogens (tertiary/aromatic N) is 7. The van der Waals surface area contributed by atoms with E-state index in [1.165, 1.54) is 0 Å². The van der Waals surface area contributed by atoms with Gasteiger partial charge >= 0.3 is 0 Å². The van der Waals surface area contributed by atoms with Gasteiger partial charge < -0.3 is 20.6 Å². The summed E-state index contributed by atoms with van der Waals surface area (Å²) in [7, 11) is 0. The first-order chi connectivity index (χ1) is 16.0. The lowest BCUT2D eigenvalue weighted by molar-refractivity contribution is 0.141. The van der Waals surface area contributed by atoms with Gasteiger partial charge in [0.1, 0.15) is 11.6 Å². The summed E-state index contributed by atoms with van der Waals surface area (Å²) in [6.07, 6.45) is 4.99. The molecule has 170 valence electrons. The van der Waals surface area contributed by atoms with E-state index in [4.69, 9.17) is 20.8 Å². The van der Waals surface area contributed by atoms with Crippen molar-refractivity contribution in [3.63, 3.8) is 0 Å². The summed E-state index contributed by atoms with van der Waals surface area (Å²) in [5.41, 5.74) is 11.0. The highest BCUT2D eigenvalue weighted by Gasteiger charge is 2.31. The Hall–Kier alpha value is -3.46. The first-order valence-electron chi connectivity index (χ1n) is 11.6. The van der Waals surface area contributed by atoms with Gasteiger partial charge in [-0.25, -0.2) is 14.5 Å². The lowest BCUT2D eigenvalue weighted by atomic mass is 9.98. The maximum atomic E-state index is 9.70. The first kappa shape index (κ1) is 20.2. The van der Waals surface area contributed by atoms with Crippen molar-refractivity contribution in [3.8, 4) is 0 Å². The molecule has 1 atom stereocenters. The van der Waals surface area contributed by atoms with Crippen molar-refractivity contribution in [2.45, 2.75) is 45.3 Å². The summed E-state index contributed by atoms with van der Waals surface area (Å²) in [5, 5.41) is 15.7. The summed E-state index contributed by atoms with van der Waals surface area (Å²) in [6, 6.07) is 8.27. The second-order valence-electron chi connectivity index (χ2n) is 9.26. The Labute approximate surface area is 191 Å². The zero-order chi connectivity index (χ0) is 22.7. The van der Waals surface area contributed by atoms with E-state index in [1.54, 1.807) is 0 Å². The number of rotatable bonds is 3. The molecule has 0 saturated carbocycles. The Morgan fingerprint density at radius 3 is 2.70 bits per heavy atom. The number of aromatic nitrogens is 5. The third-order valence-electron chi connectivity index (χ3n) is 6.83. The molecular formula is C24H28N8O. The molecule has 2 aliphatic heterocycles. The number of aliphatic hydroxyl groups is 1. The van der Waals surface area contributed by atoms with E-state index in [9.17, 15) is 5.11 Å². The molecule has 3 aromatic heterocycles. The van der Waals surface area contributed by atoms with E-state index in [2.05, 4.69) is 33.8 Å². The van der Waals surface area contributed by atoms with Crippen LogP contribution in [0.25, 0.3) is 16.6 Å². The highest BCUT2D eigenvalue weighted by molar-refractivity contribution is 5.93. The second-order valence-corrected chi connectivity index (χ2v) is 9.26. The van der Waals surface area contributed by atoms with Crippen LogP contribution in [0, 0.1) is 13.8 Å². The minimum Gasteiger partial charge on any atom is -0.389 e. The Kier molecular flexibility index (Phi) is 4.62. The van der Waals surface area contributed by atoms with Crippen LogP contribution >= 0.6 is 0 Å². The van der Waals surface area contributed by atoms with E-state index >= 15 is 0 Å². The molecule has 2 saturated heterocycles. The standard InChI is InChI=1S/C24H28N8O/c1-14-6-5-7-17-21(14)23(28-24(25)26-17)31-9-4-3-8-19(31)18-10-20-27-22(30-12-16(33)13-30)15(2)11-32(20)29-18/h5-7,10-11,16,19,33H,3-4,8-9,12-13H2,1-2H3,(H2,25,26,28). The molecule has 3 N–H and O–H groups in total. The highest BCUT2D eigenvalue weighted by Crippen LogP contribution is 2.38. The molecule has 33 heavy (non-hydrogen) atoms. The van der Waals surface area contributed by atoms with E-state index in [1.807, 2.05) is 29.8 Å². The normalized spacial score (nSPS) is 19.4. The van der Waals surface area contributed by atoms with Gasteiger partial charge in [0.15, 0.2) is 5.65 Å². The maximum absolute atomic E-state index is 9.70. The topological polar surface area (TPSA) is 109 Å². The number of hydrogen-bond acceptors (Lipinski definition) is 8. The second kappa shape index (κ2) is 7.55. The van der Waals surface area contributed by atoms with Crippen LogP contribution in [-0.4, -0.2) is 55.4 Å². The maximum Gasteiger partial charge on any atom is 0.222 e. The van der Waals surface area contributed by atoms with Gasteiger partial charge in [-0.2, -0.15) is 10.1 Å². The molecule has 9 heteroatoms. The van der Waals surface area contributed by atoms with Crippen molar-refractivity contribution in [1.29, 1.82) is 0 Å². The number of anilines is 3. The number of aryl methyl sites for hydroxylation is 2. The van der Waals surface area contributed by atoms with Gasteiger partial charge in [-0.05, 0) is 44.7 Å². The van der Waals surface area contributed by atoms with Crippen molar-refractivity contribution < 1.29 is 5.11 Å². The first-order valence-corrected chi connectivity index (χ1v) is 11.6. The van der Waals surface area contributed by atoms with Crippen LogP contribution < -0.4 is 15.5 Å². The molecule has 0 spiro atoms. The van der Waals surface area contributed by atoms with Gasteiger partial charge in [-0.3, -0.25) is 0 Å². The number of hydrogen-bond donors (Lipinski definition) is 2. The lowest BCUT2D eigenvalue weighted by Crippen LogP contribution is -2.51. The quantitative estimate of drug-likeness (QED) is 0.497. The molecule has 2 aliphatic rings. The number of nitrogens with two attached hydrogens (primary N) is 1. The summed E-state index contributed by atoms with van der Waals surface area (Å²) in [4.78, 5) is 18.5. The monoisotopic (exact) mass is 444 g/mol. The summed E-state index contributed by atoms with van der Waals surface area (Å²) in [5.74, 6) is 2.10. The van der Waals surface area contributed by atoms with Crippen LogP contribution in [0.4, 0.5) is 17.6 Å². The number of aliphatic hydroxyl groups excluding tert-OH is 1. The minimum atomic E-state index is -0.266. The third-order valence-corrected chi connectivity index (χ3v) is 6.83. The zero-order valence-corrected chi connectivity index (χ0v) is 18.9. The summed E-state index contributed by atoms with van der Waals surface area (Å²) < 4.78 is 1.87. The predicted octanol–water partition coefficient (Wildman–Crippen LogP) is 2.78. The molecule has 0 radical (unpaired) electrons. The number of fused-ring (bicyclic) bond motifs is 2. The average Bonchev–Trinajstić information content (AvgIpc) is 3.18. The largest absolute Gasteiger partial charge is 0.389 e. The van der Waals surface area contributed by atoms with Crippen LogP contribution in [0.5, 0.6) is 0 Å². The fourth-order valence-electron chi connectivity index (χ4n) is 5.18. The van der Waals surface area contributed by atoms with Gasteiger partial charge in [0.05, 0.1) is 23.4 Å². The minimum absolute atomic E-state index is 0.0899. The molecule has 4 aromatic rings. The molecule has 1 aromatic carbocycles. The number of piperidine rings is 1. The molecular weight excluding hydrogens is 416 g/mol. The van der Waals surface area contributed by atoms with Crippen molar-refractivity contribution in [2.75, 3.05) is 35.2 Å². The SMILES string of the molecule is Cc1cn2nc(C3CCCCN3c3nc(N)nc4cccc(C)c34)cc2nc1N1CC(O)C1. The van der Waals surface area contributed by atoms with E-state index in [-0.39, 0.29) is 12.1 Å². The fraction of sp³-hybridized carbons (Fsp3) is 0.417. The molecule has 2 fully saturated rings. The molecule has 9 nitrogen and oxygen atoms in total. The Morgan fingerprint density at radius 2 is 1.88 bits per heavy atom. The van der Waals surface area contributed by atoms with Crippen LogP contribution in [-0.2, 0) is 0 Å². The van der Waals surface area contributed by atoms with Crippen molar-refractivity contribution in [3.05, 3.63) is 47.3 Å². The molecule has 5 heterocycles. The lowest BCUT2D eigenvalue weighted by Gasteiger charge is -2.37. The predicted molar refractivity (Wildman–Crippen MR) is 129 cm³/mol. The van der Waals surface area contributed by atoms with Gasteiger partial charge in [0.2, 0.25) is 5.95 Å². The molecule has 1 unspecified atom stereocenters. The van der Waals surface area contributed by atoms with Crippen molar-refractivity contribution in [1.82, 2.24) is 24.6 Å². The molecule has 6 rings (SSSR count). The van der Waals surface area contributed by atoms with Crippen LogP contribution in [0.3, 0.4) is 0 Å². The van der Waals surface area contributed by atoms with E-state index in [0.29, 0.717) is 19.0 Å². The number of benzene rings is 1. The van der Waals surface area contributed by atoms with Crippen molar-refractivity contribution >= 4 is 34.1 Å². The fourth-order valence-corrected chi connectivity index (χ4v) is 5.18. The smallest absolute Gasteiger partial charge is 0.222 e. The van der Waals surface area contributed by atoms with Crippen LogP contribution in [0.2, 0.25) is 0 Å². The van der Waals surface area contributed by atoms with Crippen LogP contribution in [0.15, 0.2) is 30.5 Å². The van der Waals surface area contributed by atoms with E-state index < -0.39 is 0 Å². The number of nitrogen functional groups attached to an aromatic ring is 1. The van der Waals surface area contributed by atoms with E-state index in [0.717, 1.165) is 70.8 Å². The highest BCUT2D eigenvalue weighted by atomic mass is 16.3.